The largest absolute Gasteiger partial charge is 0.361 e. The van der Waals surface area contributed by atoms with Gasteiger partial charge in [-0.05, 0) is 26.2 Å². The minimum atomic E-state index is -0.431. The standard InChI is InChI=1S/C13H18N4O2/c1-3-9-10(8(2)18-16-9)11-15-12(17-19-11)13(14)6-4-5-7-13/h3-7,14H2,1-2H3. The zero-order valence-corrected chi connectivity index (χ0v) is 11.3. The van der Waals surface area contributed by atoms with E-state index in [1.165, 1.54) is 0 Å². The van der Waals surface area contributed by atoms with Gasteiger partial charge in [0.1, 0.15) is 11.3 Å². The fourth-order valence-electron chi connectivity index (χ4n) is 2.69. The molecule has 1 fully saturated rings. The molecule has 0 aromatic carbocycles. The molecule has 1 aliphatic carbocycles. The van der Waals surface area contributed by atoms with Gasteiger partial charge < -0.3 is 14.8 Å². The highest BCUT2D eigenvalue weighted by atomic mass is 16.5. The Balaban J connectivity index is 1.99. The molecule has 1 saturated carbocycles. The second-order valence-corrected chi connectivity index (χ2v) is 5.20. The molecule has 2 heterocycles. The Kier molecular flexibility index (Phi) is 2.89. The van der Waals surface area contributed by atoms with E-state index in [2.05, 4.69) is 15.3 Å². The van der Waals surface area contributed by atoms with Crippen LogP contribution < -0.4 is 5.73 Å². The van der Waals surface area contributed by atoms with Crippen LogP contribution in [0.3, 0.4) is 0 Å². The van der Waals surface area contributed by atoms with E-state index in [4.69, 9.17) is 14.8 Å². The summed E-state index contributed by atoms with van der Waals surface area (Å²) in [6.45, 7) is 3.86. The van der Waals surface area contributed by atoms with Crippen molar-refractivity contribution in [3.05, 3.63) is 17.3 Å². The predicted molar refractivity (Wildman–Crippen MR) is 68.2 cm³/mol. The molecule has 0 radical (unpaired) electrons. The van der Waals surface area contributed by atoms with Crippen LogP contribution in [0.1, 0.15) is 49.9 Å². The molecular weight excluding hydrogens is 244 g/mol. The summed E-state index contributed by atoms with van der Waals surface area (Å²) in [5.74, 6) is 1.76. The lowest BCUT2D eigenvalue weighted by Gasteiger charge is -2.17. The first-order chi connectivity index (χ1) is 9.14. The molecule has 6 heteroatoms. The second-order valence-electron chi connectivity index (χ2n) is 5.20. The first-order valence-electron chi connectivity index (χ1n) is 6.72. The summed E-state index contributed by atoms with van der Waals surface area (Å²) >= 11 is 0. The first kappa shape index (κ1) is 12.3. The maximum absolute atomic E-state index is 6.33. The SMILES string of the molecule is CCc1noc(C)c1-c1nc(C2(N)CCCC2)no1. The van der Waals surface area contributed by atoms with Gasteiger partial charge >= 0.3 is 0 Å². The number of aryl methyl sites for hydroxylation is 2. The summed E-state index contributed by atoms with van der Waals surface area (Å²) in [5.41, 5.74) is 7.55. The van der Waals surface area contributed by atoms with E-state index in [1.807, 2.05) is 13.8 Å². The summed E-state index contributed by atoms with van der Waals surface area (Å²) in [6.07, 6.45) is 4.82. The lowest BCUT2D eigenvalue weighted by molar-refractivity contribution is 0.371. The summed E-state index contributed by atoms with van der Waals surface area (Å²) < 4.78 is 10.6. The topological polar surface area (TPSA) is 91.0 Å². The smallest absolute Gasteiger partial charge is 0.263 e. The maximum Gasteiger partial charge on any atom is 0.263 e. The van der Waals surface area contributed by atoms with Gasteiger partial charge in [0.15, 0.2) is 5.82 Å². The Morgan fingerprint density at radius 3 is 2.63 bits per heavy atom. The van der Waals surface area contributed by atoms with Crippen molar-refractivity contribution in [1.82, 2.24) is 15.3 Å². The van der Waals surface area contributed by atoms with Crippen LogP contribution in [0.15, 0.2) is 9.05 Å². The summed E-state index contributed by atoms with van der Waals surface area (Å²) in [5, 5.41) is 8.06. The molecule has 6 nitrogen and oxygen atoms in total. The van der Waals surface area contributed by atoms with Gasteiger partial charge in [0.2, 0.25) is 0 Å². The zero-order chi connectivity index (χ0) is 13.5. The minimum absolute atomic E-state index is 0.431. The van der Waals surface area contributed by atoms with Crippen molar-refractivity contribution in [3.8, 4) is 11.5 Å². The van der Waals surface area contributed by atoms with Crippen molar-refractivity contribution in [2.75, 3.05) is 0 Å². The van der Waals surface area contributed by atoms with Crippen molar-refractivity contribution in [3.63, 3.8) is 0 Å². The van der Waals surface area contributed by atoms with E-state index in [-0.39, 0.29) is 0 Å². The average molecular weight is 262 g/mol. The molecule has 0 aliphatic heterocycles. The number of hydrogen-bond donors (Lipinski definition) is 1. The van der Waals surface area contributed by atoms with Crippen molar-refractivity contribution < 1.29 is 9.05 Å². The molecule has 0 amide bonds. The van der Waals surface area contributed by atoms with Gasteiger partial charge in [-0.2, -0.15) is 4.98 Å². The zero-order valence-electron chi connectivity index (χ0n) is 11.3. The normalized spacial score (nSPS) is 18.1. The fraction of sp³-hybridized carbons (Fsp3) is 0.615. The molecule has 0 saturated heterocycles. The van der Waals surface area contributed by atoms with Crippen molar-refractivity contribution >= 4 is 0 Å². The molecule has 2 aromatic heterocycles. The molecular formula is C13H18N4O2. The van der Waals surface area contributed by atoms with Crippen LogP contribution in [0.25, 0.3) is 11.5 Å². The molecule has 2 N–H and O–H groups in total. The van der Waals surface area contributed by atoms with Crippen molar-refractivity contribution in [2.24, 2.45) is 5.73 Å². The molecule has 0 spiro atoms. The minimum Gasteiger partial charge on any atom is -0.361 e. The van der Waals surface area contributed by atoms with E-state index in [0.29, 0.717) is 17.5 Å². The molecule has 19 heavy (non-hydrogen) atoms. The number of nitrogens with zero attached hydrogens (tertiary/aromatic N) is 3. The quantitative estimate of drug-likeness (QED) is 0.912. The third-order valence-electron chi connectivity index (χ3n) is 3.85. The third-order valence-corrected chi connectivity index (χ3v) is 3.85. The van der Waals surface area contributed by atoms with Crippen molar-refractivity contribution in [2.45, 2.75) is 51.5 Å². The van der Waals surface area contributed by atoms with Crippen LogP contribution in [0.2, 0.25) is 0 Å². The molecule has 2 aromatic rings. The van der Waals surface area contributed by atoms with Crippen LogP contribution in [-0.2, 0) is 12.0 Å². The van der Waals surface area contributed by atoms with Crippen LogP contribution in [0.4, 0.5) is 0 Å². The lowest BCUT2D eigenvalue weighted by atomic mass is 9.98. The molecule has 3 rings (SSSR count). The van der Waals surface area contributed by atoms with Gasteiger partial charge in [0.05, 0.1) is 11.2 Å². The Morgan fingerprint density at radius 2 is 1.95 bits per heavy atom. The van der Waals surface area contributed by atoms with Gasteiger partial charge in [0.25, 0.3) is 5.89 Å². The predicted octanol–water partition coefficient (Wildman–Crippen LogP) is 2.32. The van der Waals surface area contributed by atoms with E-state index in [9.17, 15) is 0 Å². The Morgan fingerprint density at radius 1 is 1.21 bits per heavy atom. The Hall–Kier alpha value is -1.69. The van der Waals surface area contributed by atoms with Crippen LogP contribution in [0.5, 0.6) is 0 Å². The van der Waals surface area contributed by atoms with Crippen LogP contribution in [0, 0.1) is 6.92 Å². The van der Waals surface area contributed by atoms with Gasteiger partial charge in [0, 0.05) is 0 Å². The van der Waals surface area contributed by atoms with Gasteiger partial charge in [-0.25, -0.2) is 0 Å². The average Bonchev–Trinajstić information content (AvgIpc) is 3.08. The number of hydrogen-bond acceptors (Lipinski definition) is 6. The number of rotatable bonds is 3. The van der Waals surface area contributed by atoms with Crippen molar-refractivity contribution in [1.29, 1.82) is 0 Å². The monoisotopic (exact) mass is 262 g/mol. The first-order valence-corrected chi connectivity index (χ1v) is 6.72. The second kappa shape index (κ2) is 4.45. The van der Waals surface area contributed by atoms with Gasteiger partial charge in [-0.15, -0.1) is 0 Å². The highest BCUT2D eigenvalue weighted by molar-refractivity contribution is 5.58. The van der Waals surface area contributed by atoms with E-state index in [0.717, 1.165) is 43.4 Å². The Bertz CT molecular complexity index is 581. The van der Waals surface area contributed by atoms with Gasteiger partial charge in [-0.3, -0.25) is 0 Å². The Labute approximate surface area is 111 Å². The van der Waals surface area contributed by atoms with E-state index >= 15 is 0 Å². The molecule has 0 atom stereocenters. The molecule has 0 bridgehead atoms. The highest BCUT2D eigenvalue weighted by Gasteiger charge is 2.36. The highest BCUT2D eigenvalue weighted by Crippen LogP contribution is 2.36. The summed E-state index contributed by atoms with van der Waals surface area (Å²) in [4.78, 5) is 4.47. The number of aromatic nitrogens is 3. The summed E-state index contributed by atoms with van der Waals surface area (Å²) in [6, 6.07) is 0. The fourth-order valence-corrected chi connectivity index (χ4v) is 2.69. The van der Waals surface area contributed by atoms with Gasteiger partial charge in [-0.1, -0.05) is 30.1 Å². The molecule has 1 aliphatic rings. The number of nitrogens with two attached hydrogens (primary N) is 1. The van der Waals surface area contributed by atoms with Crippen LogP contribution >= 0.6 is 0 Å². The molecule has 102 valence electrons. The summed E-state index contributed by atoms with van der Waals surface area (Å²) in [7, 11) is 0. The van der Waals surface area contributed by atoms with Crippen LogP contribution in [-0.4, -0.2) is 15.3 Å². The lowest BCUT2D eigenvalue weighted by Crippen LogP contribution is -2.34. The third kappa shape index (κ3) is 1.96. The van der Waals surface area contributed by atoms with E-state index < -0.39 is 5.54 Å². The molecule has 0 unspecified atom stereocenters. The maximum atomic E-state index is 6.33. The van der Waals surface area contributed by atoms with E-state index in [1.54, 1.807) is 0 Å².